The normalized spacial score (nSPS) is 43.7. The van der Waals surface area contributed by atoms with Gasteiger partial charge in [-0.1, -0.05) is 12.2 Å². The molecule has 0 aliphatic heterocycles. The highest BCUT2D eigenvalue weighted by Gasteiger charge is 2.46. The third-order valence-electron chi connectivity index (χ3n) is 2.76. The van der Waals surface area contributed by atoms with Crippen LogP contribution in [0.4, 0.5) is 0 Å². The molecule has 2 rings (SSSR count). The van der Waals surface area contributed by atoms with E-state index in [1.807, 2.05) is 0 Å². The number of rotatable bonds is 1. The fourth-order valence-electron chi connectivity index (χ4n) is 2.06. The van der Waals surface area contributed by atoms with Gasteiger partial charge in [-0.15, -0.1) is 22.2 Å². The molecular weight excluding hydrogens is 183 g/mol. The number of allylic oxidation sites excluding steroid dienone is 2. The average Bonchev–Trinajstić information content (AvgIpc) is 2.45. The van der Waals surface area contributed by atoms with Crippen molar-refractivity contribution in [3.05, 3.63) is 12.2 Å². The zero-order valence-electron chi connectivity index (χ0n) is 5.69. The fraction of sp³-hybridized carbons (Fsp3) is 0.714. The Bertz CT molecular complexity index is 178. The zero-order valence-corrected chi connectivity index (χ0v) is 8.35. The molecule has 0 amide bonds. The number of hydrogen-bond donors (Lipinski definition) is 0. The molecule has 0 nitrogen and oxygen atoms in total. The van der Waals surface area contributed by atoms with Gasteiger partial charge < -0.3 is 0 Å². The second kappa shape index (κ2) is 2.26. The molecule has 2 unspecified atom stereocenters. The van der Waals surface area contributed by atoms with Gasteiger partial charge in [0.05, 0.1) is 0 Å². The van der Waals surface area contributed by atoms with Crippen LogP contribution in [-0.2, 0) is 0 Å². The molecule has 2 bridgehead atoms. The number of fused-ring (bicyclic) bond motifs is 2. The summed E-state index contributed by atoms with van der Waals surface area (Å²) in [4.78, 5) is 0. The predicted octanol–water partition coefficient (Wildman–Crippen LogP) is 2.79. The lowest BCUT2D eigenvalue weighted by atomic mass is 10.1. The molecule has 0 spiro atoms. The van der Waals surface area contributed by atoms with Gasteiger partial charge in [0.1, 0.15) is 0 Å². The van der Waals surface area contributed by atoms with Crippen molar-refractivity contribution >= 4 is 29.6 Å². The molecule has 10 heavy (non-hydrogen) atoms. The first-order valence-electron chi connectivity index (χ1n) is 3.70. The van der Waals surface area contributed by atoms with Gasteiger partial charge in [0, 0.05) is 5.04 Å². The molecule has 0 saturated heterocycles. The summed E-state index contributed by atoms with van der Waals surface area (Å²) in [5.41, 5.74) is 0. The van der Waals surface area contributed by atoms with Gasteiger partial charge in [0.2, 0.25) is 7.42 Å². The standard InChI is InChI=1S/C7H10Cl2Si/c8-10(9)7-3-1-6(5-7)2-4-7/h1,3,6,10H,2,4-5H2. The van der Waals surface area contributed by atoms with Crippen LogP contribution in [-0.4, -0.2) is 7.42 Å². The second-order valence-corrected chi connectivity index (χ2v) is 8.44. The Balaban J connectivity index is 2.24. The van der Waals surface area contributed by atoms with Crippen molar-refractivity contribution in [1.82, 2.24) is 0 Å². The Morgan fingerprint density at radius 3 is 2.50 bits per heavy atom. The van der Waals surface area contributed by atoms with Crippen molar-refractivity contribution in [2.24, 2.45) is 5.92 Å². The largest absolute Gasteiger partial charge is 0.246 e. The SMILES string of the molecule is Cl[SiH](Cl)C12C=CC(CC1)C2. The smallest absolute Gasteiger partial charge is 0.149 e. The van der Waals surface area contributed by atoms with E-state index in [0.717, 1.165) is 5.92 Å². The Kier molecular flexibility index (Phi) is 1.63. The molecule has 0 heterocycles. The Labute approximate surface area is 72.2 Å². The van der Waals surface area contributed by atoms with E-state index >= 15 is 0 Å². The molecule has 3 heteroatoms. The number of halogens is 2. The van der Waals surface area contributed by atoms with Crippen LogP contribution in [0.3, 0.4) is 0 Å². The monoisotopic (exact) mass is 192 g/mol. The highest BCUT2D eigenvalue weighted by atomic mass is 35.7. The van der Waals surface area contributed by atoms with E-state index in [4.69, 9.17) is 22.2 Å². The highest BCUT2D eigenvalue weighted by molar-refractivity contribution is 7.35. The van der Waals surface area contributed by atoms with Crippen LogP contribution in [0, 0.1) is 5.92 Å². The van der Waals surface area contributed by atoms with Gasteiger partial charge in [-0.3, -0.25) is 0 Å². The summed E-state index contributed by atoms with van der Waals surface area (Å²) in [6.45, 7) is 0. The van der Waals surface area contributed by atoms with Crippen LogP contribution in [0.2, 0.25) is 5.04 Å². The van der Waals surface area contributed by atoms with E-state index < -0.39 is 7.42 Å². The number of hydrogen-bond acceptors (Lipinski definition) is 0. The van der Waals surface area contributed by atoms with E-state index in [2.05, 4.69) is 12.2 Å². The van der Waals surface area contributed by atoms with Gasteiger partial charge in [-0.25, -0.2) is 0 Å². The lowest BCUT2D eigenvalue weighted by Gasteiger charge is -2.22. The molecule has 0 aromatic carbocycles. The molecule has 56 valence electrons. The molecule has 0 N–H and O–H groups in total. The van der Waals surface area contributed by atoms with Crippen molar-refractivity contribution in [3.8, 4) is 0 Å². The lowest BCUT2D eigenvalue weighted by molar-refractivity contribution is 0.698. The van der Waals surface area contributed by atoms with Gasteiger partial charge in [0.25, 0.3) is 0 Å². The molecule has 0 aromatic heterocycles. The van der Waals surface area contributed by atoms with E-state index in [1.54, 1.807) is 0 Å². The summed E-state index contributed by atoms with van der Waals surface area (Å²) in [7, 11) is -1.46. The average molecular weight is 193 g/mol. The van der Waals surface area contributed by atoms with Crippen molar-refractivity contribution in [2.75, 3.05) is 0 Å². The van der Waals surface area contributed by atoms with Crippen molar-refractivity contribution in [1.29, 1.82) is 0 Å². The molecule has 1 fully saturated rings. The third-order valence-corrected chi connectivity index (χ3v) is 6.95. The Hall–Kier alpha value is 0.537. The summed E-state index contributed by atoms with van der Waals surface area (Å²) >= 11 is 12.0. The van der Waals surface area contributed by atoms with Crippen LogP contribution in [0.1, 0.15) is 19.3 Å². The van der Waals surface area contributed by atoms with Crippen molar-refractivity contribution in [2.45, 2.75) is 24.3 Å². The van der Waals surface area contributed by atoms with Crippen LogP contribution in [0.25, 0.3) is 0 Å². The molecule has 2 atom stereocenters. The van der Waals surface area contributed by atoms with Crippen molar-refractivity contribution in [3.63, 3.8) is 0 Å². The molecule has 1 saturated carbocycles. The molecular formula is C7H10Cl2Si. The van der Waals surface area contributed by atoms with E-state index in [9.17, 15) is 0 Å². The van der Waals surface area contributed by atoms with Crippen LogP contribution in [0.15, 0.2) is 12.2 Å². The van der Waals surface area contributed by atoms with E-state index in [1.165, 1.54) is 19.3 Å². The zero-order chi connectivity index (χ0) is 7.19. The van der Waals surface area contributed by atoms with Crippen LogP contribution < -0.4 is 0 Å². The minimum atomic E-state index is -1.46. The van der Waals surface area contributed by atoms with Crippen molar-refractivity contribution < 1.29 is 0 Å². The maximum absolute atomic E-state index is 6.02. The van der Waals surface area contributed by atoms with E-state index in [-0.39, 0.29) is 0 Å². The maximum Gasteiger partial charge on any atom is 0.246 e. The quantitative estimate of drug-likeness (QED) is 0.341. The van der Waals surface area contributed by atoms with Crippen LogP contribution >= 0.6 is 22.2 Å². The summed E-state index contributed by atoms with van der Waals surface area (Å²) < 4.78 is 0. The summed E-state index contributed by atoms with van der Waals surface area (Å²) in [6.07, 6.45) is 8.39. The molecule has 0 radical (unpaired) electrons. The van der Waals surface area contributed by atoms with Gasteiger partial charge in [-0.2, -0.15) is 0 Å². The van der Waals surface area contributed by atoms with Gasteiger partial charge >= 0.3 is 0 Å². The third kappa shape index (κ3) is 0.875. The van der Waals surface area contributed by atoms with Gasteiger partial charge in [-0.05, 0) is 25.2 Å². The van der Waals surface area contributed by atoms with Crippen LogP contribution in [0.5, 0.6) is 0 Å². The summed E-state index contributed by atoms with van der Waals surface area (Å²) in [6, 6.07) is 0. The summed E-state index contributed by atoms with van der Waals surface area (Å²) in [5.74, 6) is 0.812. The van der Waals surface area contributed by atoms with E-state index in [0.29, 0.717) is 5.04 Å². The first-order valence-corrected chi connectivity index (χ1v) is 7.77. The summed E-state index contributed by atoms with van der Waals surface area (Å²) in [5, 5.41) is 0.299. The highest BCUT2D eigenvalue weighted by Crippen LogP contribution is 2.58. The molecule has 0 aromatic rings. The minimum Gasteiger partial charge on any atom is -0.149 e. The minimum absolute atomic E-state index is 0.299. The first kappa shape index (κ1) is 7.20. The fourth-order valence-corrected chi connectivity index (χ4v) is 4.81. The van der Waals surface area contributed by atoms with Gasteiger partial charge in [0.15, 0.2) is 0 Å². The molecule has 2 aliphatic rings. The first-order chi connectivity index (χ1) is 4.73. The Morgan fingerprint density at radius 1 is 1.50 bits per heavy atom. The topological polar surface area (TPSA) is 0 Å². The Morgan fingerprint density at radius 2 is 2.30 bits per heavy atom. The second-order valence-electron chi connectivity index (χ2n) is 3.40. The lowest BCUT2D eigenvalue weighted by Crippen LogP contribution is -2.16. The molecule has 2 aliphatic carbocycles. The maximum atomic E-state index is 6.02. The predicted molar refractivity (Wildman–Crippen MR) is 48.0 cm³/mol.